The van der Waals surface area contributed by atoms with Crippen molar-refractivity contribution in [3.63, 3.8) is 0 Å². The molecule has 0 aliphatic rings. The number of carbonyl (C=O) groups excluding carboxylic acids is 2. The molecule has 0 atom stereocenters. The first-order valence-electron chi connectivity index (χ1n) is 11.3. The van der Waals surface area contributed by atoms with Crippen LogP contribution in [0.3, 0.4) is 0 Å². The minimum absolute atomic E-state index is 0.0985. The SMILES string of the molecule is CCC(C)(C)c1ccc(OCC(=O)Nc2ccccc2C(=O)NCCc2ccccc2)cc1. The number of ether oxygens (including phenoxy) is 1. The van der Waals surface area contributed by atoms with Crippen molar-refractivity contribution in [2.24, 2.45) is 0 Å². The highest BCUT2D eigenvalue weighted by atomic mass is 16.5. The van der Waals surface area contributed by atoms with Gasteiger partial charge in [-0.05, 0) is 53.6 Å². The summed E-state index contributed by atoms with van der Waals surface area (Å²) < 4.78 is 5.64. The molecule has 0 aliphatic heterocycles. The van der Waals surface area contributed by atoms with Crippen LogP contribution < -0.4 is 15.4 Å². The van der Waals surface area contributed by atoms with Crippen LogP contribution >= 0.6 is 0 Å². The van der Waals surface area contributed by atoms with E-state index < -0.39 is 0 Å². The van der Waals surface area contributed by atoms with Crippen LogP contribution in [-0.2, 0) is 16.6 Å². The monoisotopic (exact) mass is 444 g/mol. The quantitative estimate of drug-likeness (QED) is 0.442. The molecule has 5 nitrogen and oxygen atoms in total. The smallest absolute Gasteiger partial charge is 0.262 e. The lowest BCUT2D eigenvalue weighted by Crippen LogP contribution is -2.28. The summed E-state index contributed by atoms with van der Waals surface area (Å²) in [5.74, 6) is 0.0853. The summed E-state index contributed by atoms with van der Waals surface area (Å²) in [4.78, 5) is 25.1. The molecule has 0 aromatic heterocycles. The standard InChI is InChI=1S/C28H32N2O3/c1-4-28(2,3)22-14-16-23(17-15-22)33-20-26(31)30-25-13-9-8-12-24(25)27(32)29-19-18-21-10-6-5-7-11-21/h5-17H,4,18-20H2,1-3H3,(H,29,32)(H,30,31). The number of anilines is 1. The van der Waals surface area contributed by atoms with Gasteiger partial charge in [-0.2, -0.15) is 0 Å². The first-order valence-corrected chi connectivity index (χ1v) is 11.3. The van der Waals surface area contributed by atoms with Crippen LogP contribution in [0.5, 0.6) is 5.75 Å². The van der Waals surface area contributed by atoms with Gasteiger partial charge in [0, 0.05) is 6.54 Å². The number of hydrogen-bond acceptors (Lipinski definition) is 3. The lowest BCUT2D eigenvalue weighted by atomic mass is 9.82. The number of rotatable bonds is 10. The first kappa shape index (κ1) is 24.1. The molecule has 5 heteroatoms. The first-order chi connectivity index (χ1) is 15.9. The number of amides is 2. The number of hydrogen-bond donors (Lipinski definition) is 2. The minimum atomic E-state index is -0.322. The van der Waals surface area contributed by atoms with Crippen LogP contribution in [0.25, 0.3) is 0 Å². The molecule has 3 aromatic carbocycles. The largest absolute Gasteiger partial charge is 0.484 e. The molecule has 2 N–H and O–H groups in total. The summed E-state index contributed by atoms with van der Waals surface area (Å²) >= 11 is 0. The number of para-hydroxylation sites is 1. The Morgan fingerprint density at radius 3 is 2.24 bits per heavy atom. The lowest BCUT2D eigenvalue weighted by Gasteiger charge is -2.23. The second-order valence-electron chi connectivity index (χ2n) is 8.64. The molecule has 0 unspecified atom stereocenters. The molecule has 3 aromatic rings. The van der Waals surface area contributed by atoms with Gasteiger partial charge in [-0.15, -0.1) is 0 Å². The maximum atomic E-state index is 12.7. The van der Waals surface area contributed by atoms with Crippen molar-refractivity contribution in [2.45, 2.75) is 39.0 Å². The van der Waals surface area contributed by atoms with Gasteiger partial charge in [0.25, 0.3) is 11.8 Å². The van der Waals surface area contributed by atoms with Crippen LogP contribution in [0.1, 0.15) is 48.7 Å². The van der Waals surface area contributed by atoms with E-state index in [4.69, 9.17) is 4.74 Å². The summed E-state index contributed by atoms with van der Waals surface area (Å²) in [6.45, 7) is 6.94. The van der Waals surface area contributed by atoms with E-state index in [9.17, 15) is 9.59 Å². The lowest BCUT2D eigenvalue weighted by molar-refractivity contribution is -0.118. The molecular weight excluding hydrogens is 412 g/mol. The fourth-order valence-electron chi connectivity index (χ4n) is 3.39. The molecular formula is C28H32N2O3. The third-order valence-corrected chi connectivity index (χ3v) is 5.88. The summed E-state index contributed by atoms with van der Waals surface area (Å²) in [7, 11) is 0. The van der Waals surface area contributed by atoms with E-state index in [0.717, 1.165) is 18.4 Å². The van der Waals surface area contributed by atoms with Gasteiger partial charge in [0.2, 0.25) is 0 Å². The van der Waals surface area contributed by atoms with Gasteiger partial charge >= 0.3 is 0 Å². The summed E-state index contributed by atoms with van der Waals surface area (Å²) in [5.41, 5.74) is 3.37. The van der Waals surface area contributed by atoms with Gasteiger partial charge in [0.05, 0.1) is 11.3 Å². The van der Waals surface area contributed by atoms with Gasteiger partial charge in [0.1, 0.15) is 5.75 Å². The topological polar surface area (TPSA) is 67.4 Å². The van der Waals surface area contributed by atoms with Crippen molar-refractivity contribution in [3.8, 4) is 5.75 Å². The molecule has 0 heterocycles. The Kier molecular flexibility index (Phi) is 8.25. The molecule has 172 valence electrons. The second-order valence-corrected chi connectivity index (χ2v) is 8.64. The van der Waals surface area contributed by atoms with Crippen molar-refractivity contribution in [3.05, 3.63) is 95.6 Å². The fraction of sp³-hybridized carbons (Fsp3) is 0.286. The summed E-state index contributed by atoms with van der Waals surface area (Å²) in [5, 5.41) is 5.71. The molecule has 3 rings (SSSR count). The molecule has 0 saturated heterocycles. The maximum Gasteiger partial charge on any atom is 0.262 e. The van der Waals surface area contributed by atoms with Gasteiger partial charge in [0.15, 0.2) is 6.61 Å². The van der Waals surface area contributed by atoms with E-state index in [2.05, 4.69) is 31.4 Å². The third-order valence-electron chi connectivity index (χ3n) is 5.88. The van der Waals surface area contributed by atoms with E-state index in [1.807, 2.05) is 54.6 Å². The van der Waals surface area contributed by atoms with Gasteiger partial charge < -0.3 is 15.4 Å². The van der Waals surface area contributed by atoms with Gasteiger partial charge in [-0.1, -0.05) is 75.4 Å². The van der Waals surface area contributed by atoms with E-state index in [1.54, 1.807) is 24.3 Å². The Balaban J connectivity index is 1.53. The predicted molar refractivity (Wildman–Crippen MR) is 133 cm³/mol. The zero-order chi connectivity index (χ0) is 23.7. The zero-order valence-corrected chi connectivity index (χ0v) is 19.6. The van der Waals surface area contributed by atoms with Crippen molar-refractivity contribution >= 4 is 17.5 Å². The van der Waals surface area contributed by atoms with Crippen molar-refractivity contribution in [1.82, 2.24) is 5.32 Å². The van der Waals surface area contributed by atoms with Crippen molar-refractivity contribution < 1.29 is 14.3 Å². The zero-order valence-electron chi connectivity index (χ0n) is 19.6. The van der Waals surface area contributed by atoms with Crippen LogP contribution in [0.15, 0.2) is 78.9 Å². The average Bonchev–Trinajstić information content (AvgIpc) is 2.84. The highest BCUT2D eigenvalue weighted by molar-refractivity contribution is 6.04. The van der Waals surface area contributed by atoms with E-state index in [-0.39, 0.29) is 23.8 Å². The van der Waals surface area contributed by atoms with Gasteiger partial charge in [-0.3, -0.25) is 9.59 Å². The Morgan fingerprint density at radius 2 is 1.55 bits per heavy atom. The average molecular weight is 445 g/mol. The normalized spacial score (nSPS) is 11.0. The Hall–Kier alpha value is -3.60. The number of carbonyl (C=O) groups is 2. The van der Waals surface area contributed by atoms with Crippen molar-refractivity contribution in [2.75, 3.05) is 18.5 Å². The molecule has 0 aliphatic carbocycles. The Morgan fingerprint density at radius 1 is 0.879 bits per heavy atom. The highest BCUT2D eigenvalue weighted by Gasteiger charge is 2.18. The molecule has 2 amide bonds. The summed E-state index contributed by atoms with van der Waals surface area (Å²) in [6, 6.07) is 24.8. The predicted octanol–water partition coefficient (Wildman–Crippen LogP) is 5.36. The van der Waals surface area contributed by atoms with Gasteiger partial charge in [-0.25, -0.2) is 0 Å². The van der Waals surface area contributed by atoms with E-state index in [0.29, 0.717) is 23.5 Å². The number of nitrogens with one attached hydrogen (secondary N) is 2. The highest BCUT2D eigenvalue weighted by Crippen LogP contribution is 2.28. The van der Waals surface area contributed by atoms with E-state index >= 15 is 0 Å². The molecule has 0 radical (unpaired) electrons. The Labute approximate surface area is 196 Å². The molecule has 0 spiro atoms. The molecule has 0 fully saturated rings. The van der Waals surface area contributed by atoms with Crippen LogP contribution in [0.2, 0.25) is 0 Å². The van der Waals surface area contributed by atoms with Crippen molar-refractivity contribution in [1.29, 1.82) is 0 Å². The second kappa shape index (κ2) is 11.3. The maximum absolute atomic E-state index is 12.7. The van der Waals surface area contributed by atoms with Crippen LogP contribution in [-0.4, -0.2) is 25.0 Å². The minimum Gasteiger partial charge on any atom is -0.484 e. The van der Waals surface area contributed by atoms with Crippen LogP contribution in [0.4, 0.5) is 5.69 Å². The van der Waals surface area contributed by atoms with E-state index in [1.165, 1.54) is 5.56 Å². The molecule has 0 saturated carbocycles. The van der Waals surface area contributed by atoms with Crippen LogP contribution in [0, 0.1) is 0 Å². The number of benzene rings is 3. The third kappa shape index (κ3) is 6.94. The Bertz CT molecular complexity index is 1060. The molecule has 33 heavy (non-hydrogen) atoms. The fourth-order valence-corrected chi connectivity index (χ4v) is 3.39. The molecule has 0 bridgehead atoms. The summed E-state index contributed by atoms with van der Waals surface area (Å²) in [6.07, 6.45) is 1.78.